The first-order chi connectivity index (χ1) is 14.2. The van der Waals surface area contributed by atoms with Crippen molar-refractivity contribution in [2.45, 2.75) is 51.7 Å². The topological polar surface area (TPSA) is 88.8 Å². The van der Waals surface area contributed by atoms with Gasteiger partial charge in [0.15, 0.2) is 0 Å². The molecular weight excluding hydrogens is 380 g/mol. The van der Waals surface area contributed by atoms with Crippen LogP contribution in [-0.4, -0.2) is 46.6 Å². The van der Waals surface area contributed by atoms with Crippen molar-refractivity contribution in [2.24, 2.45) is 0 Å². The second-order valence-corrected chi connectivity index (χ2v) is 8.84. The van der Waals surface area contributed by atoms with E-state index in [2.05, 4.69) is 4.98 Å². The van der Waals surface area contributed by atoms with Gasteiger partial charge < -0.3 is 15.4 Å². The summed E-state index contributed by atoms with van der Waals surface area (Å²) in [5.41, 5.74) is 9.36. The molecule has 2 aromatic rings. The van der Waals surface area contributed by atoms with Crippen LogP contribution in [0.25, 0.3) is 11.1 Å². The molecule has 2 aliphatic heterocycles. The van der Waals surface area contributed by atoms with E-state index in [4.69, 9.17) is 10.5 Å². The van der Waals surface area contributed by atoms with Crippen LogP contribution in [0.5, 0.6) is 0 Å². The minimum atomic E-state index is -0.588. The van der Waals surface area contributed by atoms with E-state index in [1.165, 1.54) is 0 Å². The molecule has 30 heavy (non-hydrogen) atoms. The van der Waals surface area contributed by atoms with Crippen molar-refractivity contribution in [2.75, 3.05) is 23.7 Å². The highest BCUT2D eigenvalue weighted by Gasteiger charge is 2.40. The molecule has 2 N–H and O–H groups in total. The number of nitrogens with zero attached hydrogens (tertiary/aromatic N) is 3. The number of anilines is 2. The molecule has 0 spiro atoms. The van der Waals surface area contributed by atoms with Crippen molar-refractivity contribution in [3.8, 4) is 11.1 Å². The standard InChI is InChI=1S/C23H28N4O3/c1-23(2,3)30-22(29)27-12-5-8-19(27)21(28)26-13-10-17-16(6-4-7-18(17)26)15-9-11-25-20(24)14-15/h4,6-7,9,11,14,19H,5,8,10,12-13H2,1-3H3,(H2,24,25)/t19-/m0/s1. The van der Waals surface area contributed by atoms with E-state index in [0.717, 1.165) is 35.2 Å². The van der Waals surface area contributed by atoms with Crippen LogP contribution >= 0.6 is 0 Å². The third-order valence-electron chi connectivity index (χ3n) is 5.55. The van der Waals surface area contributed by atoms with Gasteiger partial charge in [0.05, 0.1) is 0 Å². The lowest BCUT2D eigenvalue weighted by molar-refractivity contribution is -0.122. The van der Waals surface area contributed by atoms with Gasteiger partial charge >= 0.3 is 6.09 Å². The maximum atomic E-state index is 13.4. The fourth-order valence-electron chi connectivity index (χ4n) is 4.29. The number of pyridine rings is 1. The zero-order valence-corrected chi connectivity index (χ0v) is 17.7. The van der Waals surface area contributed by atoms with Crippen molar-refractivity contribution < 1.29 is 14.3 Å². The molecule has 0 bridgehead atoms. The predicted molar refractivity (Wildman–Crippen MR) is 116 cm³/mol. The van der Waals surface area contributed by atoms with Crippen LogP contribution in [0.15, 0.2) is 36.5 Å². The molecular formula is C23H28N4O3. The maximum Gasteiger partial charge on any atom is 0.410 e. The molecule has 0 unspecified atom stereocenters. The number of hydrogen-bond donors (Lipinski definition) is 1. The number of likely N-dealkylation sites (tertiary alicyclic amines) is 1. The molecule has 1 fully saturated rings. The van der Waals surface area contributed by atoms with E-state index in [0.29, 0.717) is 25.3 Å². The molecule has 1 saturated heterocycles. The number of rotatable bonds is 2. The summed E-state index contributed by atoms with van der Waals surface area (Å²) in [6, 6.07) is 9.27. The SMILES string of the molecule is CC(C)(C)OC(=O)N1CCC[C@H]1C(=O)N1CCc2c(-c3ccnc(N)c3)cccc21. The number of benzene rings is 1. The Morgan fingerprint density at radius 3 is 2.73 bits per heavy atom. The molecule has 7 nitrogen and oxygen atoms in total. The fraction of sp³-hybridized carbons (Fsp3) is 0.435. The molecule has 2 aliphatic rings. The highest BCUT2D eigenvalue weighted by molar-refractivity contribution is 6.01. The Kier molecular flexibility index (Phi) is 5.13. The van der Waals surface area contributed by atoms with Crippen LogP contribution in [0.4, 0.5) is 16.3 Å². The highest BCUT2D eigenvalue weighted by Crippen LogP contribution is 2.37. The third-order valence-corrected chi connectivity index (χ3v) is 5.55. The first kappa shape index (κ1) is 20.2. The van der Waals surface area contributed by atoms with Gasteiger partial charge in [-0.25, -0.2) is 9.78 Å². The number of nitrogens with two attached hydrogens (primary N) is 1. The highest BCUT2D eigenvalue weighted by atomic mass is 16.6. The Labute approximate surface area is 176 Å². The number of nitrogen functional groups attached to an aromatic ring is 1. The summed E-state index contributed by atoms with van der Waals surface area (Å²) in [6.45, 7) is 6.65. The van der Waals surface area contributed by atoms with E-state index in [9.17, 15) is 9.59 Å². The van der Waals surface area contributed by atoms with Crippen LogP contribution in [0, 0.1) is 0 Å². The Morgan fingerprint density at radius 1 is 1.20 bits per heavy atom. The molecule has 0 aliphatic carbocycles. The van der Waals surface area contributed by atoms with Crippen LogP contribution in [0.1, 0.15) is 39.2 Å². The number of ether oxygens (including phenoxy) is 1. The molecule has 158 valence electrons. The van der Waals surface area contributed by atoms with Gasteiger partial charge in [0.1, 0.15) is 17.5 Å². The van der Waals surface area contributed by atoms with Crippen molar-refractivity contribution in [1.82, 2.24) is 9.88 Å². The second-order valence-electron chi connectivity index (χ2n) is 8.84. The summed E-state index contributed by atoms with van der Waals surface area (Å²) in [7, 11) is 0. The van der Waals surface area contributed by atoms with Crippen molar-refractivity contribution >= 4 is 23.5 Å². The van der Waals surface area contributed by atoms with E-state index >= 15 is 0 Å². The average molecular weight is 409 g/mol. The summed E-state index contributed by atoms with van der Waals surface area (Å²) in [6.07, 6.45) is 3.49. The van der Waals surface area contributed by atoms with E-state index in [1.54, 1.807) is 11.1 Å². The fourth-order valence-corrected chi connectivity index (χ4v) is 4.29. The molecule has 1 atom stereocenters. The molecule has 1 aromatic heterocycles. The quantitative estimate of drug-likeness (QED) is 0.820. The van der Waals surface area contributed by atoms with Crippen LogP contribution < -0.4 is 10.6 Å². The Hall–Kier alpha value is -3.09. The average Bonchev–Trinajstić information content (AvgIpc) is 3.33. The molecule has 0 radical (unpaired) electrons. The molecule has 4 rings (SSSR count). The molecule has 7 heteroatoms. The van der Waals surface area contributed by atoms with Crippen molar-refractivity contribution in [3.63, 3.8) is 0 Å². The van der Waals surface area contributed by atoms with Gasteiger partial charge in [-0.05, 0) is 74.9 Å². The molecule has 0 saturated carbocycles. The van der Waals surface area contributed by atoms with E-state index < -0.39 is 17.7 Å². The third kappa shape index (κ3) is 3.84. The Balaban J connectivity index is 1.59. The number of aromatic nitrogens is 1. The lowest BCUT2D eigenvalue weighted by atomic mass is 9.98. The van der Waals surface area contributed by atoms with Gasteiger partial charge in [-0.15, -0.1) is 0 Å². The van der Waals surface area contributed by atoms with E-state index in [1.807, 2.05) is 56.0 Å². The Bertz CT molecular complexity index is 983. The minimum Gasteiger partial charge on any atom is -0.444 e. The van der Waals surface area contributed by atoms with Gasteiger partial charge in [-0.2, -0.15) is 0 Å². The smallest absolute Gasteiger partial charge is 0.410 e. The van der Waals surface area contributed by atoms with E-state index in [-0.39, 0.29) is 5.91 Å². The zero-order chi connectivity index (χ0) is 21.5. The second kappa shape index (κ2) is 7.63. The largest absolute Gasteiger partial charge is 0.444 e. The van der Waals surface area contributed by atoms with Crippen LogP contribution in [0.2, 0.25) is 0 Å². The lowest BCUT2D eigenvalue weighted by Gasteiger charge is -2.30. The van der Waals surface area contributed by atoms with Gasteiger partial charge in [0.2, 0.25) is 5.91 Å². The minimum absolute atomic E-state index is 0.0384. The Morgan fingerprint density at radius 2 is 2.00 bits per heavy atom. The number of carbonyl (C=O) groups excluding carboxylic acids is 2. The summed E-state index contributed by atoms with van der Waals surface area (Å²) in [5, 5.41) is 0. The summed E-state index contributed by atoms with van der Waals surface area (Å²) in [5.74, 6) is 0.429. The van der Waals surface area contributed by atoms with Gasteiger partial charge in [0, 0.05) is 25.0 Å². The van der Waals surface area contributed by atoms with Crippen LogP contribution in [-0.2, 0) is 16.0 Å². The van der Waals surface area contributed by atoms with Crippen molar-refractivity contribution in [3.05, 3.63) is 42.1 Å². The molecule has 1 aromatic carbocycles. The number of amides is 2. The predicted octanol–water partition coefficient (Wildman–Crippen LogP) is 3.62. The first-order valence-corrected chi connectivity index (χ1v) is 10.4. The van der Waals surface area contributed by atoms with Gasteiger partial charge in [-0.1, -0.05) is 12.1 Å². The number of carbonyl (C=O) groups is 2. The van der Waals surface area contributed by atoms with Crippen LogP contribution in [0.3, 0.4) is 0 Å². The normalized spacial score (nSPS) is 18.4. The lowest BCUT2D eigenvalue weighted by Crippen LogP contribution is -2.48. The summed E-state index contributed by atoms with van der Waals surface area (Å²) < 4.78 is 5.52. The van der Waals surface area contributed by atoms with Gasteiger partial charge in [-0.3, -0.25) is 9.69 Å². The summed E-state index contributed by atoms with van der Waals surface area (Å²) in [4.78, 5) is 33.5. The number of fused-ring (bicyclic) bond motifs is 1. The summed E-state index contributed by atoms with van der Waals surface area (Å²) >= 11 is 0. The monoisotopic (exact) mass is 408 g/mol. The van der Waals surface area contributed by atoms with Crippen molar-refractivity contribution in [1.29, 1.82) is 0 Å². The molecule has 2 amide bonds. The molecule has 3 heterocycles. The number of hydrogen-bond acceptors (Lipinski definition) is 5. The first-order valence-electron chi connectivity index (χ1n) is 10.4. The van der Waals surface area contributed by atoms with Gasteiger partial charge in [0.25, 0.3) is 0 Å². The maximum absolute atomic E-state index is 13.4. The zero-order valence-electron chi connectivity index (χ0n) is 17.7.